The molecule has 0 saturated carbocycles. The average molecular weight is 603 g/mol. The predicted molar refractivity (Wildman–Crippen MR) is 147 cm³/mol. The Morgan fingerprint density at radius 3 is 2.40 bits per heavy atom. The lowest BCUT2D eigenvalue weighted by molar-refractivity contribution is -0.170. The van der Waals surface area contributed by atoms with Crippen molar-refractivity contribution in [2.24, 2.45) is 0 Å². The predicted octanol–water partition coefficient (Wildman–Crippen LogP) is 2.94. The summed E-state index contributed by atoms with van der Waals surface area (Å²) in [6.07, 6.45) is 0.492. The lowest BCUT2D eigenvalue weighted by atomic mass is 9.98. The van der Waals surface area contributed by atoms with Crippen molar-refractivity contribution < 1.29 is 41.9 Å². The lowest BCUT2D eigenvalue weighted by Gasteiger charge is -2.36. The average Bonchev–Trinajstić information content (AvgIpc) is 3.30. The molecule has 2 atom stereocenters. The van der Waals surface area contributed by atoms with Gasteiger partial charge in [0.1, 0.15) is 17.4 Å². The summed E-state index contributed by atoms with van der Waals surface area (Å²) in [5.74, 6) is -8.39. The largest absolute Gasteiger partial charge is 0.442 e. The Labute approximate surface area is 246 Å². The van der Waals surface area contributed by atoms with Crippen LogP contribution in [0.3, 0.4) is 0 Å². The Hall–Kier alpha value is -4.26. The molecule has 1 saturated heterocycles. The number of likely N-dealkylation sites (tertiary alicyclic amines) is 1. The first kappa shape index (κ1) is 31.7. The molecule has 2 aromatic carbocycles. The second-order valence-electron chi connectivity index (χ2n) is 11.0. The van der Waals surface area contributed by atoms with Crippen molar-refractivity contribution in [1.29, 1.82) is 0 Å². The number of piperidine rings is 1. The molecule has 2 aromatic rings. The molecule has 1 fully saturated rings. The standard InChI is InChI=1S/C30H33F3N4O6/c1-5-29(2,35(3)4)28(42)43-17-37-24(38)13-12-23(26(37)40)36-16-19-14-18(6-11-22(19)25(36)39)15-34-27(41)30(32,33)20-7-9-21(31)10-8-20/h6-11,14,23H,5,12-13,15-17H2,1-4H3,(H,34,41). The van der Waals surface area contributed by atoms with Crippen molar-refractivity contribution in [2.45, 2.75) is 63.7 Å². The molecule has 2 heterocycles. The molecule has 2 aliphatic heterocycles. The number of hydrogen-bond donors (Lipinski definition) is 1. The first-order valence-electron chi connectivity index (χ1n) is 13.7. The normalized spacial score (nSPS) is 18.5. The number of nitrogens with one attached hydrogen (secondary N) is 1. The van der Waals surface area contributed by atoms with Gasteiger partial charge in [-0.05, 0) is 75.3 Å². The number of amides is 4. The van der Waals surface area contributed by atoms with Crippen molar-refractivity contribution >= 4 is 29.6 Å². The minimum absolute atomic E-state index is 0.0223. The van der Waals surface area contributed by atoms with Gasteiger partial charge in [0.05, 0.1) is 0 Å². The first-order valence-corrected chi connectivity index (χ1v) is 13.7. The maximum absolute atomic E-state index is 14.5. The molecule has 0 aromatic heterocycles. The zero-order chi connectivity index (χ0) is 31.7. The zero-order valence-electron chi connectivity index (χ0n) is 24.3. The Kier molecular flexibility index (Phi) is 8.95. The van der Waals surface area contributed by atoms with Gasteiger partial charge in [-0.15, -0.1) is 0 Å². The van der Waals surface area contributed by atoms with Gasteiger partial charge in [0.2, 0.25) is 5.91 Å². The summed E-state index contributed by atoms with van der Waals surface area (Å²) in [7, 11) is 3.44. The third-order valence-electron chi connectivity index (χ3n) is 8.25. The van der Waals surface area contributed by atoms with E-state index in [1.54, 1.807) is 32.0 Å². The Balaban J connectivity index is 1.41. The summed E-state index contributed by atoms with van der Waals surface area (Å²) < 4.78 is 47.5. The summed E-state index contributed by atoms with van der Waals surface area (Å²) >= 11 is 0. The van der Waals surface area contributed by atoms with Crippen LogP contribution in [0, 0.1) is 5.82 Å². The second-order valence-corrected chi connectivity index (χ2v) is 11.0. The van der Waals surface area contributed by atoms with E-state index in [1.807, 2.05) is 6.92 Å². The smallest absolute Gasteiger partial charge is 0.349 e. The number of imide groups is 1. The van der Waals surface area contributed by atoms with Crippen LogP contribution in [-0.4, -0.2) is 76.7 Å². The van der Waals surface area contributed by atoms with E-state index in [2.05, 4.69) is 5.32 Å². The fraction of sp³-hybridized carbons (Fsp3) is 0.433. The van der Waals surface area contributed by atoms with Gasteiger partial charge >= 0.3 is 11.9 Å². The number of halogens is 3. The highest BCUT2D eigenvalue weighted by Crippen LogP contribution is 2.31. The monoisotopic (exact) mass is 602 g/mol. The fourth-order valence-electron chi connectivity index (χ4n) is 5.01. The number of ether oxygens (including phenoxy) is 1. The number of carbonyl (C=O) groups excluding carboxylic acids is 5. The number of carbonyl (C=O) groups is 5. The summed E-state index contributed by atoms with van der Waals surface area (Å²) in [6, 6.07) is 6.95. The quantitative estimate of drug-likeness (QED) is 0.329. The molecule has 13 heteroatoms. The molecular formula is C30H33F3N4O6. The summed E-state index contributed by atoms with van der Waals surface area (Å²) in [5, 5.41) is 2.17. The zero-order valence-corrected chi connectivity index (χ0v) is 24.3. The van der Waals surface area contributed by atoms with Crippen LogP contribution in [0.4, 0.5) is 13.2 Å². The van der Waals surface area contributed by atoms with Crippen LogP contribution in [0.2, 0.25) is 0 Å². The van der Waals surface area contributed by atoms with Gasteiger partial charge < -0.3 is 15.0 Å². The van der Waals surface area contributed by atoms with Crippen molar-refractivity contribution in [3.8, 4) is 0 Å². The van der Waals surface area contributed by atoms with E-state index in [4.69, 9.17) is 4.74 Å². The number of esters is 1. The van der Waals surface area contributed by atoms with Crippen LogP contribution in [0.5, 0.6) is 0 Å². The van der Waals surface area contributed by atoms with Crippen LogP contribution >= 0.6 is 0 Å². The molecule has 1 N–H and O–H groups in total. The molecule has 4 amide bonds. The Morgan fingerprint density at radius 2 is 1.77 bits per heavy atom. The van der Waals surface area contributed by atoms with Crippen LogP contribution < -0.4 is 5.32 Å². The third-order valence-corrected chi connectivity index (χ3v) is 8.25. The number of nitrogens with zero attached hydrogens (tertiary/aromatic N) is 3. The molecule has 0 bridgehead atoms. The summed E-state index contributed by atoms with van der Waals surface area (Å²) in [5.41, 5.74) is -0.344. The molecule has 10 nitrogen and oxygen atoms in total. The minimum atomic E-state index is -3.89. The molecular weight excluding hydrogens is 569 g/mol. The maximum atomic E-state index is 14.5. The van der Waals surface area contributed by atoms with E-state index in [9.17, 15) is 37.1 Å². The Morgan fingerprint density at radius 1 is 1.09 bits per heavy atom. The SMILES string of the molecule is CCC(C)(C(=O)OCN1C(=O)CCC(N2Cc3cc(CNC(=O)C(F)(F)c4ccc(F)cc4)ccc3C2=O)C1=O)N(C)C. The Bertz CT molecular complexity index is 1450. The van der Waals surface area contributed by atoms with Gasteiger partial charge in [-0.2, -0.15) is 8.78 Å². The van der Waals surface area contributed by atoms with Crippen molar-refractivity contribution in [3.05, 3.63) is 70.5 Å². The minimum Gasteiger partial charge on any atom is -0.442 e. The molecule has 4 rings (SSSR count). The molecule has 230 valence electrons. The topological polar surface area (TPSA) is 116 Å². The maximum Gasteiger partial charge on any atom is 0.349 e. The highest BCUT2D eigenvalue weighted by molar-refractivity contribution is 6.05. The van der Waals surface area contributed by atoms with Gasteiger partial charge in [-0.3, -0.25) is 24.1 Å². The van der Waals surface area contributed by atoms with Gasteiger partial charge in [0.25, 0.3) is 17.7 Å². The number of rotatable bonds is 10. The highest BCUT2D eigenvalue weighted by Gasteiger charge is 2.44. The van der Waals surface area contributed by atoms with Gasteiger partial charge in [-0.25, -0.2) is 14.1 Å². The van der Waals surface area contributed by atoms with E-state index in [1.165, 1.54) is 17.0 Å². The van der Waals surface area contributed by atoms with Crippen LogP contribution in [0.1, 0.15) is 60.2 Å². The molecule has 0 aliphatic carbocycles. The summed E-state index contributed by atoms with van der Waals surface area (Å²) in [6.45, 7) is 2.69. The summed E-state index contributed by atoms with van der Waals surface area (Å²) in [4.78, 5) is 68.0. The van der Waals surface area contributed by atoms with E-state index >= 15 is 0 Å². The van der Waals surface area contributed by atoms with Gasteiger partial charge in [0, 0.05) is 30.6 Å². The molecule has 2 aliphatic rings. The third kappa shape index (κ3) is 6.12. The first-order chi connectivity index (χ1) is 20.2. The number of hydrogen-bond acceptors (Lipinski definition) is 7. The molecule has 0 spiro atoms. The fourth-order valence-corrected chi connectivity index (χ4v) is 5.01. The van der Waals surface area contributed by atoms with E-state index < -0.39 is 65.2 Å². The lowest BCUT2D eigenvalue weighted by Crippen LogP contribution is -2.56. The molecule has 43 heavy (non-hydrogen) atoms. The second kappa shape index (κ2) is 12.2. The van der Waals surface area contributed by atoms with Gasteiger partial charge in [0.15, 0.2) is 6.73 Å². The van der Waals surface area contributed by atoms with E-state index in [0.717, 1.165) is 29.2 Å². The van der Waals surface area contributed by atoms with Crippen LogP contribution in [-0.2, 0) is 42.9 Å². The number of alkyl halides is 2. The van der Waals surface area contributed by atoms with E-state index in [-0.39, 0.29) is 25.9 Å². The van der Waals surface area contributed by atoms with Crippen molar-refractivity contribution in [1.82, 2.24) is 20.0 Å². The number of fused-ring (bicyclic) bond motifs is 1. The van der Waals surface area contributed by atoms with Crippen molar-refractivity contribution in [2.75, 3.05) is 20.8 Å². The molecule has 2 unspecified atom stereocenters. The van der Waals surface area contributed by atoms with Crippen LogP contribution in [0.15, 0.2) is 42.5 Å². The van der Waals surface area contributed by atoms with Gasteiger partial charge in [-0.1, -0.05) is 19.1 Å². The highest BCUT2D eigenvalue weighted by atomic mass is 19.3. The van der Waals surface area contributed by atoms with E-state index in [0.29, 0.717) is 23.1 Å². The number of likely N-dealkylation sites (N-methyl/N-ethyl adjacent to an activating group) is 1. The van der Waals surface area contributed by atoms with Crippen molar-refractivity contribution in [3.63, 3.8) is 0 Å². The number of benzene rings is 2. The van der Waals surface area contributed by atoms with Crippen LogP contribution in [0.25, 0.3) is 0 Å². The molecule has 0 radical (unpaired) electrons.